The number of hydrogen-bond acceptors (Lipinski definition) is 3. The number of halogens is 2. The highest BCUT2D eigenvalue weighted by Gasteiger charge is 2.15. The van der Waals surface area contributed by atoms with Gasteiger partial charge in [0.15, 0.2) is 0 Å². The van der Waals surface area contributed by atoms with Crippen LogP contribution in [-0.4, -0.2) is 46.8 Å². The summed E-state index contributed by atoms with van der Waals surface area (Å²) >= 11 is 9.88. The van der Waals surface area contributed by atoms with Crippen LogP contribution < -0.4 is 0 Å². The maximum absolute atomic E-state index is 6.29. The molecule has 104 valence electrons. The number of ether oxygens (including phenoxy) is 1. The molecular formula is C12H21BrClN3O. The fraction of sp³-hybridized carbons (Fsp3) is 0.750. The molecule has 1 aromatic rings. The van der Waals surface area contributed by atoms with Gasteiger partial charge in [0.25, 0.3) is 0 Å². The third kappa shape index (κ3) is 4.23. The average Bonchev–Trinajstić information content (AvgIpc) is 2.57. The van der Waals surface area contributed by atoms with Gasteiger partial charge < -0.3 is 4.74 Å². The van der Waals surface area contributed by atoms with E-state index in [1.54, 1.807) is 7.11 Å². The summed E-state index contributed by atoms with van der Waals surface area (Å²) in [7, 11) is 3.78. The van der Waals surface area contributed by atoms with Gasteiger partial charge >= 0.3 is 0 Å². The van der Waals surface area contributed by atoms with Crippen molar-refractivity contribution in [3.63, 3.8) is 0 Å². The number of nitrogens with zero attached hydrogens (tertiary/aromatic N) is 3. The van der Waals surface area contributed by atoms with Crippen molar-refractivity contribution >= 4 is 27.5 Å². The zero-order chi connectivity index (χ0) is 13.7. The Kier molecular flexibility index (Phi) is 6.63. The van der Waals surface area contributed by atoms with Gasteiger partial charge in [0.05, 0.1) is 27.8 Å². The molecule has 0 aliphatic heterocycles. The Morgan fingerprint density at radius 2 is 2.22 bits per heavy atom. The molecule has 0 saturated carbocycles. The van der Waals surface area contributed by atoms with Crippen molar-refractivity contribution < 1.29 is 4.74 Å². The fourth-order valence-electron chi connectivity index (χ4n) is 1.91. The fourth-order valence-corrected chi connectivity index (χ4v) is 2.87. The van der Waals surface area contributed by atoms with Crippen LogP contribution in [0.4, 0.5) is 0 Å². The Morgan fingerprint density at radius 3 is 2.78 bits per heavy atom. The van der Waals surface area contributed by atoms with Gasteiger partial charge in [-0.2, -0.15) is 5.10 Å². The first kappa shape index (κ1) is 16.0. The predicted molar refractivity (Wildman–Crippen MR) is 78.6 cm³/mol. The zero-order valence-corrected chi connectivity index (χ0v) is 13.8. The van der Waals surface area contributed by atoms with Crippen LogP contribution in [0.15, 0.2) is 0 Å². The van der Waals surface area contributed by atoms with E-state index in [-0.39, 0.29) is 0 Å². The molecular weight excluding hydrogens is 318 g/mol. The van der Waals surface area contributed by atoms with Crippen molar-refractivity contribution in [2.75, 3.05) is 27.3 Å². The number of aromatic nitrogens is 2. The van der Waals surface area contributed by atoms with Gasteiger partial charge in [-0.25, -0.2) is 0 Å². The summed E-state index contributed by atoms with van der Waals surface area (Å²) in [6.45, 7) is 7.24. The van der Waals surface area contributed by atoms with Crippen LogP contribution >= 0.6 is 27.5 Å². The third-order valence-corrected chi connectivity index (χ3v) is 3.78. The highest BCUT2D eigenvalue weighted by molar-refractivity contribution is 9.09. The van der Waals surface area contributed by atoms with Gasteiger partial charge in [0, 0.05) is 26.7 Å². The summed E-state index contributed by atoms with van der Waals surface area (Å²) in [6.07, 6.45) is 0. The van der Waals surface area contributed by atoms with Crippen molar-refractivity contribution in [1.29, 1.82) is 0 Å². The molecule has 4 nitrogen and oxygen atoms in total. The van der Waals surface area contributed by atoms with E-state index in [9.17, 15) is 0 Å². The maximum atomic E-state index is 6.29. The van der Waals surface area contributed by atoms with Crippen molar-refractivity contribution in [2.24, 2.45) is 0 Å². The van der Waals surface area contributed by atoms with E-state index in [1.807, 2.05) is 11.6 Å². The molecule has 1 unspecified atom stereocenters. The predicted octanol–water partition coefficient (Wildman–Crippen LogP) is 2.71. The van der Waals surface area contributed by atoms with Gasteiger partial charge in [-0.3, -0.25) is 9.58 Å². The first-order valence-corrected chi connectivity index (χ1v) is 7.32. The Morgan fingerprint density at radius 1 is 1.56 bits per heavy atom. The van der Waals surface area contributed by atoms with E-state index in [4.69, 9.17) is 16.3 Å². The second-order valence-electron chi connectivity index (χ2n) is 4.41. The molecule has 0 aliphatic carbocycles. The summed E-state index contributed by atoms with van der Waals surface area (Å²) < 4.78 is 7.08. The van der Waals surface area contributed by atoms with Crippen molar-refractivity contribution in [2.45, 2.75) is 31.8 Å². The standard InChI is InChI=1S/C12H21BrClN3O/c1-5-17-11(12(14)9(2)15-17)7-16(3)6-10(13)8-18-4/h10H,5-8H2,1-4H3. The smallest absolute Gasteiger partial charge is 0.0860 e. The number of alkyl halides is 1. The quantitative estimate of drug-likeness (QED) is 0.716. The first-order valence-electron chi connectivity index (χ1n) is 6.02. The monoisotopic (exact) mass is 337 g/mol. The molecule has 0 spiro atoms. The molecule has 0 bridgehead atoms. The van der Waals surface area contributed by atoms with Crippen LogP contribution in [-0.2, 0) is 17.8 Å². The second-order valence-corrected chi connectivity index (χ2v) is 6.08. The van der Waals surface area contributed by atoms with Gasteiger partial charge in [-0.1, -0.05) is 27.5 Å². The lowest BCUT2D eigenvalue weighted by atomic mass is 10.3. The molecule has 1 aromatic heterocycles. The molecule has 6 heteroatoms. The van der Waals surface area contributed by atoms with E-state index in [0.717, 1.165) is 36.0 Å². The van der Waals surface area contributed by atoms with E-state index in [2.05, 4.69) is 39.9 Å². The lowest BCUT2D eigenvalue weighted by Crippen LogP contribution is -2.29. The van der Waals surface area contributed by atoms with Crippen molar-refractivity contribution in [1.82, 2.24) is 14.7 Å². The van der Waals surface area contributed by atoms with Gasteiger partial charge in [-0.15, -0.1) is 0 Å². The van der Waals surface area contributed by atoms with Crippen LogP contribution in [0, 0.1) is 6.92 Å². The highest BCUT2D eigenvalue weighted by Crippen LogP contribution is 2.21. The Bertz CT molecular complexity index is 384. The van der Waals surface area contributed by atoms with E-state index < -0.39 is 0 Å². The van der Waals surface area contributed by atoms with Crippen LogP contribution in [0.25, 0.3) is 0 Å². The Balaban J connectivity index is 2.66. The zero-order valence-electron chi connectivity index (χ0n) is 11.4. The third-order valence-electron chi connectivity index (χ3n) is 2.73. The topological polar surface area (TPSA) is 30.3 Å². The van der Waals surface area contributed by atoms with Gasteiger partial charge in [0.1, 0.15) is 0 Å². The minimum atomic E-state index is 0.324. The Labute approximate surface area is 122 Å². The summed E-state index contributed by atoms with van der Waals surface area (Å²) in [5.41, 5.74) is 1.98. The summed E-state index contributed by atoms with van der Waals surface area (Å²) in [4.78, 5) is 2.54. The first-order chi connectivity index (χ1) is 8.49. The molecule has 0 amide bonds. The normalized spacial score (nSPS) is 13.3. The van der Waals surface area contributed by atoms with Gasteiger partial charge in [0.2, 0.25) is 0 Å². The number of rotatable bonds is 7. The lowest BCUT2D eigenvalue weighted by Gasteiger charge is -2.20. The molecule has 0 aromatic carbocycles. The SMILES string of the molecule is CCn1nc(C)c(Cl)c1CN(C)CC(Br)COC. The number of hydrogen-bond donors (Lipinski definition) is 0. The van der Waals surface area contributed by atoms with Crippen LogP contribution in [0.2, 0.25) is 5.02 Å². The van der Waals surface area contributed by atoms with Crippen LogP contribution in [0.5, 0.6) is 0 Å². The molecule has 0 aliphatic rings. The summed E-state index contributed by atoms with van der Waals surface area (Å²) in [5.74, 6) is 0. The van der Waals surface area contributed by atoms with E-state index in [0.29, 0.717) is 11.4 Å². The summed E-state index contributed by atoms with van der Waals surface area (Å²) in [6, 6.07) is 0. The molecule has 1 heterocycles. The second kappa shape index (κ2) is 7.48. The lowest BCUT2D eigenvalue weighted by molar-refractivity contribution is 0.184. The molecule has 0 radical (unpaired) electrons. The molecule has 0 fully saturated rings. The van der Waals surface area contributed by atoms with Crippen LogP contribution in [0.3, 0.4) is 0 Å². The van der Waals surface area contributed by atoms with Crippen LogP contribution in [0.1, 0.15) is 18.3 Å². The number of methoxy groups -OCH3 is 1. The molecule has 0 N–H and O–H groups in total. The van der Waals surface area contributed by atoms with Crippen molar-refractivity contribution in [3.05, 3.63) is 16.4 Å². The van der Waals surface area contributed by atoms with E-state index >= 15 is 0 Å². The minimum Gasteiger partial charge on any atom is -0.383 e. The molecule has 0 saturated heterocycles. The maximum Gasteiger partial charge on any atom is 0.0860 e. The molecule has 18 heavy (non-hydrogen) atoms. The van der Waals surface area contributed by atoms with Crippen molar-refractivity contribution in [3.8, 4) is 0 Å². The number of aryl methyl sites for hydroxylation is 2. The largest absolute Gasteiger partial charge is 0.383 e. The molecule has 1 rings (SSSR count). The molecule has 1 atom stereocenters. The van der Waals surface area contributed by atoms with E-state index in [1.165, 1.54) is 0 Å². The highest BCUT2D eigenvalue weighted by atomic mass is 79.9. The minimum absolute atomic E-state index is 0.324. The van der Waals surface area contributed by atoms with Gasteiger partial charge in [-0.05, 0) is 20.9 Å². The Hall–Kier alpha value is -0.100. The summed E-state index contributed by atoms with van der Waals surface area (Å²) in [5, 5.41) is 5.20. The average molecular weight is 339 g/mol.